The number of rotatable bonds is 9. The minimum atomic E-state index is -0.184. The first-order chi connectivity index (χ1) is 13.0. The second-order valence-corrected chi connectivity index (χ2v) is 8.88. The molecule has 0 saturated heterocycles. The Bertz CT molecular complexity index is 783. The maximum absolute atomic E-state index is 12.8. The van der Waals surface area contributed by atoms with Crippen LogP contribution in [0.4, 0.5) is 5.69 Å². The molecule has 2 heterocycles. The Kier molecular flexibility index (Phi) is 6.48. The predicted octanol–water partition coefficient (Wildman–Crippen LogP) is 6.46. The molecule has 2 aromatic rings. The van der Waals surface area contributed by atoms with Gasteiger partial charge >= 0.3 is 0 Å². The van der Waals surface area contributed by atoms with Gasteiger partial charge in [-0.15, -0.1) is 11.3 Å². The van der Waals surface area contributed by atoms with E-state index in [2.05, 4.69) is 19.1 Å². The van der Waals surface area contributed by atoms with Gasteiger partial charge < -0.3 is 0 Å². The van der Waals surface area contributed by atoms with Crippen LogP contribution in [0.3, 0.4) is 0 Å². The van der Waals surface area contributed by atoms with Crippen molar-refractivity contribution in [2.24, 2.45) is 0 Å². The highest BCUT2D eigenvalue weighted by Crippen LogP contribution is 2.36. The smallest absolute Gasteiger partial charge is 0.267 e. The summed E-state index contributed by atoms with van der Waals surface area (Å²) in [6.45, 7) is 6.07. The summed E-state index contributed by atoms with van der Waals surface area (Å²) in [5.74, 6) is -0.367. The summed E-state index contributed by atoms with van der Waals surface area (Å²) >= 11 is 1.53. The van der Waals surface area contributed by atoms with Gasteiger partial charge in [0.1, 0.15) is 0 Å². The molecular formula is C23H29NO2S. The van der Waals surface area contributed by atoms with Crippen molar-refractivity contribution in [1.82, 2.24) is 0 Å². The molecule has 1 aromatic carbocycles. The number of carbonyl (C=O) groups is 2. The fourth-order valence-corrected chi connectivity index (χ4v) is 4.89. The third-order valence-corrected chi connectivity index (χ3v) is 6.38. The second kappa shape index (κ2) is 8.83. The van der Waals surface area contributed by atoms with E-state index in [9.17, 15) is 9.59 Å². The van der Waals surface area contributed by atoms with E-state index in [-0.39, 0.29) is 11.8 Å². The molecule has 3 rings (SSSR count). The summed E-state index contributed by atoms with van der Waals surface area (Å²) in [6.07, 6.45) is 10.2. The molecule has 0 unspecified atom stereocenters. The molecule has 0 fully saturated rings. The first-order valence-electron chi connectivity index (χ1n) is 10.1. The number of hydrogen-bond donors (Lipinski definition) is 0. The zero-order valence-electron chi connectivity index (χ0n) is 16.6. The van der Waals surface area contributed by atoms with Crippen LogP contribution in [0.5, 0.6) is 0 Å². The Balaban J connectivity index is 1.57. The third-order valence-electron chi connectivity index (χ3n) is 5.36. The number of imide groups is 1. The van der Waals surface area contributed by atoms with Gasteiger partial charge in [-0.2, -0.15) is 0 Å². The molecule has 4 heteroatoms. The quantitative estimate of drug-likeness (QED) is 0.368. The molecule has 2 amide bonds. The number of benzene rings is 1. The standard InChI is InChI=1S/C23H29NO2S/c1-4-5-6-7-8-9-10-11-18-12-14-19(15-13-18)24-22(25)20-16(2)27-17(3)21(20)23(24)26/h12-15H,4-11H2,1-3H3. The summed E-state index contributed by atoms with van der Waals surface area (Å²) < 4.78 is 0. The van der Waals surface area contributed by atoms with Gasteiger partial charge in [0.2, 0.25) is 0 Å². The zero-order valence-corrected chi connectivity index (χ0v) is 17.5. The molecule has 0 bridgehead atoms. The number of thiophene rings is 1. The van der Waals surface area contributed by atoms with Gasteiger partial charge in [0, 0.05) is 9.75 Å². The molecule has 27 heavy (non-hydrogen) atoms. The number of hydrogen-bond acceptors (Lipinski definition) is 3. The monoisotopic (exact) mass is 383 g/mol. The largest absolute Gasteiger partial charge is 0.268 e. The lowest BCUT2D eigenvalue weighted by Crippen LogP contribution is -2.29. The lowest BCUT2D eigenvalue weighted by Gasteiger charge is -2.15. The van der Waals surface area contributed by atoms with Gasteiger partial charge in [0.15, 0.2) is 0 Å². The first kappa shape index (κ1) is 19.8. The maximum atomic E-state index is 12.8. The summed E-state index contributed by atoms with van der Waals surface area (Å²) in [4.78, 5) is 28.7. The van der Waals surface area contributed by atoms with Crippen molar-refractivity contribution < 1.29 is 9.59 Å². The number of carbonyl (C=O) groups excluding carboxylic acids is 2. The Hall–Kier alpha value is -1.94. The number of unbranched alkanes of at least 4 members (excludes halogenated alkanes) is 6. The average molecular weight is 384 g/mol. The maximum Gasteiger partial charge on any atom is 0.267 e. The molecule has 1 aromatic heterocycles. The highest BCUT2D eigenvalue weighted by atomic mass is 32.1. The highest BCUT2D eigenvalue weighted by Gasteiger charge is 2.40. The van der Waals surface area contributed by atoms with Gasteiger partial charge in [0.25, 0.3) is 11.8 Å². The SMILES string of the molecule is CCCCCCCCCc1ccc(N2C(=O)c3c(C)sc(C)c3C2=O)cc1. The molecule has 3 nitrogen and oxygen atoms in total. The van der Waals surface area contributed by atoms with Gasteiger partial charge in [-0.3, -0.25) is 9.59 Å². The van der Waals surface area contributed by atoms with Crippen LogP contribution in [0.1, 0.15) is 87.9 Å². The van der Waals surface area contributed by atoms with E-state index in [4.69, 9.17) is 0 Å². The average Bonchev–Trinajstić information content (AvgIpc) is 3.10. The third kappa shape index (κ3) is 4.16. The molecule has 1 aliphatic heterocycles. The van der Waals surface area contributed by atoms with Gasteiger partial charge in [0.05, 0.1) is 16.8 Å². The van der Waals surface area contributed by atoms with Crippen LogP contribution in [0.2, 0.25) is 0 Å². The van der Waals surface area contributed by atoms with E-state index in [0.29, 0.717) is 16.8 Å². The van der Waals surface area contributed by atoms with E-state index < -0.39 is 0 Å². The van der Waals surface area contributed by atoms with Gasteiger partial charge in [-0.05, 0) is 44.4 Å². The summed E-state index contributed by atoms with van der Waals surface area (Å²) in [5, 5.41) is 0. The van der Waals surface area contributed by atoms with Crippen LogP contribution >= 0.6 is 11.3 Å². The zero-order chi connectivity index (χ0) is 19.4. The number of aryl methyl sites for hydroxylation is 3. The topological polar surface area (TPSA) is 37.4 Å². The van der Waals surface area contributed by atoms with Crippen molar-refractivity contribution in [1.29, 1.82) is 0 Å². The Labute approximate surface area is 166 Å². The van der Waals surface area contributed by atoms with Crippen LogP contribution in [-0.4, -0.2) is 11.8 Å². The number of anilines is 1. The Morgan fingerprint density at radius 3 is 1.85 bits per heavy atom. The van der Waals surface area contributed by atoms with E-state index in [1.54, 1.807) is 0 Å². The molecule has 1 aliphatic rings. The molecule has 0 aliphatic carbocycles. The second-order valence-electron chi connectivity index (χ2n) is 7.45. The minimum Gasteiger partial charge on any atom is -0.268 e. The summed E-state index contributed by atoms with van der Waals surface area (Å²) in [7, 11) is 0. The van der Waals surface area contributed by atoms with Crippen molar-refractivity contribution in [3.05, 3.63) is 50.7 Å². The van der Waals surface area contributed by atoms with E-state index in [0.717, 1.165) is 16.2 Å². The van der Waals surface area contributed by atoms with Crippen molar-refractivity contribution in [3.8, 4) is 0 Å². The molecular weight excluding hydrogens is 354 g/mol. The fourth-order valence-electron chi connectivity index (χ4n) is 3.85. The highest BCUT2D eigenvalue weighted by molar-refractivity contribution is 7.12. The Morgan fingerprint density at radius 2 is 1.30 bits per heavy atom. The summed E-state index contributed by atoms with van der Waals surface area (Å²) in [6, 6.07) is 7.93. The molecule has 0 atom stereocenters. The molecule has 144 valence electrons. The molecule has 0 saturated carbocycles. The number of nitrogens with zero attached hydrogens (tertiary/aromatic N) is 1. The van der Waals surface area contributed by atoms with Crippen LogP contribution < -0.4 is 4.90 Å². The first-order valence-corrected chi connectivity index (χ1v) is 10.9. The van der Waals surface area contributed by atoms with E-state index >= 15 is 0 Å². The molecule has 0 radical (unpaired) electrons. The lowest BCUT2D eigenvalue weighted by molar-refractivity contribution is 0.0926. The van der Waals surface area contributed by atoms with Gasteiger partial charge in [-0.1, -0.05) is 57.6 Å². The normalized spacial score (nSPS) is 13.5. The van der Waals surface area contributed by atoms with Crippen LogP contribution in [-0.2, 0) is 6.42 Å². The van der Waals surface area contributed by atoms with Crippen molar-refractivity contribution >= 4 is 28.8 Å². The molecule has 0 spiro atoms. The minimum absolute atomic E-state index is 0.184. The van der Waals surface area contributed by atoms with Crippen molar-refractivity contribution in [2.45, 2.75) is 72.1 Å². The van der Waals surface area contributed by atoms with Crippen molar-refractivity contribution in [2.75, 3.05) is 4.90 Å². The van der Waals surface area contributed by atoms with Crippen LogP contribution in [0, 0.1) is 13.8 Å². The van der Waals surface area contributed by atoms with E-state index in [1.165, 1.54) is 66.7 Å². The molecule has 0 N–H and O–H groups in total. The van der Waals surface area contributed by atoms with Crippen LogP contribution in [0.15, 0.2) is 24.3 Å². The van der Waals surface area contributed by atoms with Crippen molar-refractivity contribution in [3.63, 3.8) is 0 Å². The summed E-state index contributed by atoms with van der Waals surface area (Å²) in [5.41, 5.74) is 3.13. The van der Waals surface area contributed by atoms with Crippen LogP contribution in [0.25, 0.3) is 0 Å². The lowest BCUT2D eigenvalue weighted by atomic mass is 10.0. The number of fused-ring (bicyclic) bond motifs is 1. The van der Waals surface area contributed by atoms with Gasteiger partial charge in [-0.25, -0.2) is 4.90 Å². The fraction of sp³-hybridized carbons (Fsp3) is 0.478. The Morgan fingerprint density at radius 1 is 0.778 bits per heavy atom. The number of amides is 2. The predicted molar refractivity (Wildman–Crippen MR) is 113 cm³/mol. The van der Waals surface area contributed by atoms with E-state index in [1.807, 2.05) is 26.0 Å².